The van der Waals surface area contributed by atoms with Crippen LogP contribution < -0.4 is 5.32 Å². The predicted molar refractivity (Wildman–Crippen MR) is 61.3 cm³/mol. The minimum atomic E-state index is -0.433. The van der Waals surface area contributed by atoms with Gasteiger partial charge in [-0.3, -0.25) is 0 Å². The Hall–Kier alpha value is -0.870. The molecule has 1 aromatic heterocycles. The molecule has 0 aromatic carbocycles. The first-order chi connectivity index (χ1) is 7.66. The fourth-order valence-corrected chi connectivity index (χ4v) is 1.97. The van der Waals surface area contributed by atoms with E-state index in [1.54, 1.807) is 0 Å². The van der Waals surface area contributed by atoms with Crippen LogP contribution in [-0.4, -0.2) is 23.7 Å². The summed E-state index contributed by atoms with van der Waals surface area (Å²) in [6, 6.07) is 1.30. The number of ether oxygens (including phenoxy) is 1. The molecule has 1 saturated heterocycles. The van der Waals surface area contributed by atoms with E-state index in [1.165, 1.54) is 12.3 Å². The SMILES string of the molecule is CC(Nc1ncc(Cl)cc1F)C1CCCO1. The van der Waals surface area contributed by atoms with Gasteiger partial charge in [0.15, 0.2) is 11.6 Å². The van der Waals surface area contributed by atoms with Gasteiger partial charge in [0.1, 0.15) is 0 Å². The van der Waals surface area contributed by atoms with Gasteiger partial charge in [-0.2, -0.15) is 0 Å². The summed E-state index contributed by atoms with van der Waals surface area (Å²) in [6.45, 7) is 2.75. The van der Waals surface area contributed by atoms with Gasteiger partial charge in [-0.1, -0.05) is 11.6 Å². The maximum absolute atomic E-state index is 13.4. The fraction of sp³-hybridized carbons (Fsp3) is 0.545. The molecule has 0 radical (unpaired) electrons. The molecular formula is C11H14ClFN2O. The molecule has 2 atom stereocenters. The Morgan fingerprint density at radius 3 is 3.12 bits per heavy atom. The molecule has 0 aliphatic carbocycles. The highest BCUT2D eigenvalue weighted by atomic mass is 35.5. The number of aromatic nitrogens is 1. The van der Waals surface area contributed by atoms with Crippen LogP contribution in [0.5, 0.6) is 0 Å². The van der Waals surface area contributed by atoms with Crippen molar-refractivity contribution in [3.63, 3.8) is 0 Å². The van der Waals surface area contributed by atoms with Gasteiger partial charge in [0, 0.05) is 12.8 Å². The van der Waals surface area contributed by atoms with Crippen molar-refractivity contribution in [2.75, 3.05) is 11.9 Å². The molecule has 1 aliphatic heterocycles. The smallest absolute Gasteiger partial charge is 0.166 e. The van der Waals surface area contributed by atoms with Crippen LogP contribution in [0.3, 0.4) is 0 Å². The van der Waals surface area contributed by atoms with Gasteiger partial charge in [0.25, 0.3) is 0 Å². The Kier molecular flexibility index (Phi) is 3.61. The van der Waals surface area contributed by atoms with Gasteiger partial charge < -0.3 is 10.1 Å². The van der Waals surface area contributed by atoms with Gasteiger partial charge in [-0.25, -0.2) is 9.37 Å². The molecule has 16 heavy (non-hydrogen) atoms. The van der Waals surface area contributed by atoms with Gasteiger partial charge >= 0.3 is 0 Å². The first-order valence-corrected chi connectivity index (χ1v) is 5.74. The Morgan fingerprint density at radius 2 is 2.50 bits per heavy atom. The third-order valence-corrected chi connectivity index (χ3v) is 2.90. The van der Waals surface area contributed by atoms with Crippen molar-refractivity contribution in [1.82, 2.24) is 4.98 Å². The number of hydrogen-bond donors (Lipinski definition) is 1. The molecule has 2 rings (SSSR count). The molecule has 3 nitrogen and oxygen atoms in total. The molecule has 1 aromatic rings. The maximum Gasteiger partial charge on any atom is 0.166 e. The van der Waals surface area contributed by atoms with E-state index in [0.29, 0.717) is 5.02 Å². The number of nitrogens with zero attached hydrogens (tertiary/aromatic N) is 1. The second-order valence-electron chi connectivity index (χ2n) is 3.97. The summed E-state index contributed by atoms with van der Waals surface area (Å²) in [4.78, 5) is 3.92. The van der Waals surface area contributed by atoms with Crippen molar-refractivity contribution < 1.29 is 9.13 Å². The molecule has 1 aliphatic rings. The van der Waals surface area contributed by atoms with E-state index in [4.69, 9.17) is 16.3 Å². The van der Waals surface area contributed by atoms with E-state index in [2.05, 4.69) is 10.3 Å². The van der Waals surface area contributed by atoms with Crippen LogP contribution >= 0.6 is 11.6 Å². The number of halogens is 2. The van der Waals surface area contributed by atoms with Crippen LogP contribution in [0.1, 0.15) is 19.8 Å². The van der Waals surface area contributed by atoms with Crippen LogP contribution in [0.15, 0.2) is 12.3 Å². The van der Waals surface area contributed by atoms with E-state index in [0.717, 1.165) is 19.4 Å². The number of anilines is 1. The minimum Gasteiger partial charge on any atom is -0.376 e. The van der Waals surface area contributed by atoms with E-state index in [1.807, 2.05) is 6.92 Å². The van der Waals surface area contributed by atoms with E-state index in [-0.39, 0.29) is 18.0 Å². The van der Waals surface area contributed by atoms with Crippen molar-refractivity contribution >= 4 is 17.4 Å². The van der Waals surface area contributed by atoms with Gasteiger partial charge in [0.05, 0.1) is 17.2 Å². The van der Waals surface area contributed by atoms with E-state index in [9.17, 15) is 4.39 Å². The summed E-state index contributed by atoms with van der Waals surface area (Å²) in [5, 5.41) is 3.31. The van der Waals surface area contributed by atoms with Crippen molar-refractivity contribution in [3.05, 3.63) is 23.1 Å². The van der Waals surface area contributed by atoms with E-state index < -0.39 is 5.82 Å². The van der Waals surface area contributed by atoms with Crippen LogP contribution in [0.2, 0.25) is 5.02 Å². The topological polar surface area (TPSA) is 34.2 Å². The van der Waals surface area contributed by atoms with Crippen LogP contribution in [0.25, 0.3) is 0 Å². The molecule has 1 N–H and O–H groups in total. The van der Waals surface area contributed by atoms with Crippen LogP contribution in [0.4, 0.5) is 10.2 Å². The first-order valence-electron chi connectivity index (χ1n) is 5.36. The Balaban J connectivity index is 2.02. The summed E-state index contributed by atoms with van der Waals surface area (Å²) in [5.74, 6) is -0.204. The van der Waals surface area contributed by atoms with Crippen molar-refractivity contribution in [1.29, 1.82) is 0 Å². The summed E-state index contributed by atoms with van der Waals surface area (Å²) in [5.41, 5.74) is 0. The molecule has 5 heteroatoms. The highest BCUT2D eigenvalue weighted by molar-refractivity contribution is 6.30. The lowest BCUT2D eigenvalue weighted by Gasteiger charge is -2.20. The van der Waals surface area contributed by atoms with Crippen molar-refractivity contribution in [2.24, 2.45) is 0 Å². The second-order valence-corrected chi connectivity index (χ2v) is 4.40. The minimum absolute atomic E-state index is 0.0469. The lowest BCUT2D eigenvalue weighted by Crippen LogP contribution is -2.30. The Bertz CT molecular complexity index is 369. The van der Waals surface area contributed by atoms with Crippen molar-refractivity contribution in [3.8, 4) is 0 Å². The fourth-order valence-electron chi connectivity index (χ4n) is 1.83. The number of rotatable bonds is 3. The molecule has 0 bridgehead atoms. The first kappa shape index (κ1) is 11.6. The number of pyridine rings is 1. The largest absolute Gasteiger partial charge is 0.376 e. The summed E-state index contributed by atoms with van der Waals surface area (Å²) < 4.78 is 19.0. The zero-order valence-electron chi connectivity index (χ0n) is 9.04. The molecule has 1 fully saturated rings. The third kappa shape index (κ3) is 2.62. The summed E-state index contributed by atoms with van der Waals surface area (Å²) in [6.07, 6.45) is 3.63. The Labute approximate surface area is 99.0 Å². The highest BCUT2D eigenvalue weighted by Crippen LogP contribution is 2.21. The number of hydrogen-bond acceptors (Lipinski definition) is 3. The van der Waals surface area contributed by atoms with Crippen molar-refractivity contribution in [2.45, 2.75) is 31.9 Å². The molecule has 0 saturated carbocycles. The standard InChI is InChI=1S/C11H14ClFN2O/c1-7(10-3-2-4-16-10)15-11-9(13)5-8(12)6-14-11/h5-7,10H,2-4H2,1H3,(H,14,15). The maximum atomic E-state index is 13.4. The molecular weight excluding hydrogens is 231 g/mol. The monoisotopic (exact) mass is 244 g/mol. The van der Waals surface area contributed by atoms with Gasteiger partial charge in [0.2, 0.25) is 0 Å². The summed E-state index contributed by atoms with van der Waals surface area (Å²) in [7, 11) is 0. The van der Waals surface area contributed by atoms with Crippen LogP contribution in [0, 0.1) is 5.82 Å². The molecule has 2 unspecified atom stereocenters. The summed E-state index contributed by atoms with van der Waals surface area (Å²) >= 11 is 5.63. The van der Waals surface area contributed by atoms with Crippen LogP contribution in [-0.2, 0) is 4.74 Å². The lowest BCUT2D eigenvalue weighted by molar-refractivity contribution is 0.0995. The normalized spacial score (nSPS) is 22.1. The zero-order chi connectivity index (χ0) is 11.5. The third-order valence-electron chi connectivity index (χ3n) is 2.69. The molecule has 88 valence electrons. The zero-order valence-corrected chi connectivity index (χ0v) is 9.80. The van der Waals surface area contributed by atoms with Gasteiger partial charge in [-0.05, 0) is 25.8 Å². The predicted octanol–water partition coefficient (Wildman–Crippen LogP) is 2.85. The Morgan fingerprint density at radius 1 is 1.69 bits per heavy atom. The quantitative estimate of drug-likeness (QED) is 0.888. The van der Waals surface area contributed by atoms with Gasteiger partial charge in [-0.15, -0.1) is 0 Å². The average molecular weight is 245 g/mol. The molecule has 0 amide bonds. The highest BCUT2D eigenvalue weighted by Gasteiger charge is 2.23. The lowest BCUT2D eigenvalue weighted by atomic mass is 10.1. The average Bonchev–Trinajstić information content (AvgIpc) is 2.75. The second kappa shape index (κ2) is 4.97. The van der Waals surface area contributed by atoms with E-state index >= 15 is 0 Å². The number of nitrogens with one attached hydrogen (secondary N) is 1. The molecule has 2 heterocycles. The molecule has 0 spiro atoms.